The quantitative estimate of drug-likeness (QED) is 0.438. The molecule has 3 aliphatic rings. The van der Waals surface area contributed by atoms with Crippen LogP contribution in [0.5, 0.6) is 11.5 Å². The summed E-state index contributed by atoms with van der Waals surface area (Å²) < 4.78 is 36.0. The normalized spacial score (nSPS) is 22.1. The second-order valence-electron chi connectivity index (χ2n) is 9.70. The Labute approximate surface area is 221 Å². The minimum absolute atomic E-state index is 0.0530. The molecule has 2 fully saturated rings. The van der Waals surface area contributed by atoms with Crippen molar-refractivity contribution in [2.45, 2.75) is 50.0 Å². The fourth-order valence-electron chi connectivity index (χ4n) is 5.15. The largest absolute Gasteiger partial charge is 0.586 e. The number of thiazole rings is 1. The van der Waals surface area contributed by atoms with Crippen LogP contribution >= 0.6 is 22.9 Å². The van der Waals surface area contributed by atoms with Crippen molar-refractivity contribution in [3.05, 3.63) is 69.2 Å². The predicted octanol–water partition coefficient (Wildman–Crippen LogP) is 5.25. The van der Waals surface area contributed by atoms with Crippen LogP contribution in [0.3, 0.4) is 0 Å². The van der Waals surface area contributed by atoms with Gasteiger partial charge < -0.3 is 19.9 Å². The van der Waals surface area contributed by atoms with E-state index in [9.17, 15) is 18.7 Å². The number of benzene rings is 2. The molecule has 7 nitrogen and oxygen atoms in total. The molecule has 2 aromatic carbocycles. The summed E-state index contributed by atoms with van der Waals surface area (Å²) in [5, 5.41) is 14.2. The number of aromatic nitrogens is 1. The van der Waals surface area contributed by atoms with E-state index in [1.807, 2.05) is 31.2 Å². The number of aryl methyl sites for hydroxylation is 1. The number of hydrogen-bond donors (Lipinski definition) is 2. The number of amides is 1. The van der Waals surface area contributed by atoms with Gasteiger partial charge in [-0.15, -0.1) is 8.78 Å². The first-order valence-corrected chi connectivity index (χ1v) is 13.2. The van der Waals surface area contributed by atoms with Gasteiger partial charge in [-0.3, -0.25) is 9.69 Å². The Hall–Kier alpha value is -2.79. The van der Waals surface area contributed by atoms with Crippen LogP contribution in [0.1, 0.15) is 47.0 Å². The Morgan fingerprint density at radius 3 is 2.70 bits per heavy atom. The van der Waals surface area contributed by atoms with Crippen LogP contribution in [-0.2, 0) is 10.2 Å². The average molecular weight is 548 g/mol. The number of halogens is 3. The number of β-amino-alcohol motifs (C(OH)–C–C–N with tert-alkyl or cyclic N) is 1. The van der Waals surface area contributed by atoms with Gasteiger partial charge in [-0.2, -0.15) is 0 Å². The van der Waals surface area contributed by atoms with E-state index in [1.54, 1.807) is 6.07 Å². The van der Waals surface area contributed by atoms with Crippen molar-refractivity contribution in [2.24, 2.45) is 0 Å². The highest BCUT2D eigenvalue weighted by molar-refractivity contribution is 7.16. The molecule has 11 heteroatoms. The average Bonchev–Trinajstić information content (AvgIpc) is 3.29. The van der Waals surface area contributed by atoms with Gasteiger partial charge in [0, 0.05) is 18.1 Å². The fraction of sp³-hybridized carbons (Fsp3) is 0.385. The molecule has 194 valence electrons. The predicted molar refractivity (Wildman–Crippen MR) is 135 cm³/mol. The number of carbonyl (C=O) groups excluding carboxylic acids is 1. The second kappa shape index (κ2) is 8.90. The molecule has 0 spiro atoms. The third-order valence-electron chi connectivity index (χ3n) is 7.20. The van der Waals surface area contributed by atoms with E-state index in [2.05, 4.69) is 24.7 Å². The van der Waals surface area contributed by atoms with Gasteiger partial charge in [-0.05, 0) is 55.5 Å². The van der Waals surface area contributed by atoms with Crippen molar-refractivity contribution in [1.82, 2.24) is 9.88 Å². The van der Waals surface area contributed by atoms with Gasteiger partial charge in [0.25, 0.3) is 0 Å². The number of alkyl halides is 2. The Morgan fingerprint density at radius 1 is 1.24 bits per heavy atom. The van der Waals surface area contributed by atoms with Gasteiger partial charge in [0.15, 0.2) is 16.6 Å². The first kappa shape index (κ1) is 24.5. The summed E-state index contributed by atoms with van der Waals surface area (Å²) in [5.74, 6) is -0.378. The van der Waals surface area contributed by atoms with E-state index in [0.29, 0.717) is 48.1 Å². The first-order chi connectivity index (χ1) is 17.6. The molecule has 1 aliphatic carbocycles. The lowest BCUT2D eigenvalue weighted by molar-refractivity contribution is -0.286. The van der Waals surface area contributed by atoms with Gasteiger partial charge >= 0.3 is 6.29 Å². The number of anilines is 1. The van der Waals surface area contributed by atoms with Crippen LogP contribution in [0.25, 0.3) is 0 Å². The van der Waals surface area contributed by atoms with Crippen molar-refractivity contribution in [1.29, 1.82) is 0 Å². The second-order valence-corrected chi connectivity index (χ2v) is 11.1. The molecule has 1 saturated heterocycles. The smallest absolute Gasteiger partial charge is 0.395 e. The lowest BCUT2D eigenvalue weighted by Gasteiger charge is -2.28. The van der Waals surface area contributed by atoms with Crippen LogP contribution in [0.2, 0.25) is 5.02 Å². The summed E-state index contributed by atoms with van der Waals surface area (Å²) in [6, 6.07) is 11.9. The molecule has 1 unspecified atom stereocenters. The number of nitrogens with one attached hydrogen (secondary N) is 1. The summed E-state index contributed by atoms with van der Waals surface area (Å²) >= 11 is 7.96. The van der Waals surface area contributed by atoms with Gasteiger partial charge in [0.2, 0.25) is 5.91 Å². The third-order valence-corrected chi connectivity index (χ3v) is 8.67. The monoisotopic (exact) mass is 547 g/mol. The van der Waals surface area contributed by atoms with Gasteiger partial charge in [0.1, 0.15) is 0 Å². The maximum atomic E-state index is 13.5. The molecule has 2 aliphatic heterocycles. The first-order valence-electron chi connectivity index (χ1n) is 12.0. The minimum Gasteiger partial charge on any atom is -0.395 e. The summed E-state index contributed by atoms with van der Waals surface area (Å²) in [6.45, 7) is 3.12. The van der Waals surface area contributed by atoms with Crippen LogP contribution in [0.15, 0.2) is 42.5 Å². The van der Waals surface area contributed by atoms with Crippen molar-refractivity contribution in [3.63, 3.8) is 0 Å². The number of nitrogens with zero attached hydrogens (tertiary/aromatic N) is 2. The number of fused-ring (bicyclic) bond motifs is 1. The lowest BCUT2D eigenvalue weighted by atomic mass is 9.94. The summed E-state index contributed by atoms with van der Waals surface area (Å²) in [7, 11) is 0. The lowest BCUT2D eigenvalue weighted by Crippen LogP contribution is -2.28. The van der Waals surface area contributed by atoms with Gasteiger partial charge in [-0.1, -0.05) is 47.2 Å². The number of carbonyl (C=O) groups is 1. The molecule has 1 amide bonds. The number of aliphatic hydroxyl groups excluding tert-OH is 1. The van der Waals surface area contributed by atoms with Crippen LogP contribution in [0, 0.1) is 6.92 Å². The molecule has 1 saturated carbocycles. The Kier molecular flexibility index (Phi) is 5.91. The number of hydrogen-bond acceptors (Lipinski definition) is 7. The van der Waals surface area contributed by atoms with E-state index in [0.717, 1.165) is 16.1 Å². The molecule has 0 bridgehead atoms. The van der Waals surface area contributed by atoms with Gasteiger partial charge in [-0.25, -0.2) is 4.98 Å². The molecule has 3 aromatic rings. The maximum absolute atomic E-state index is 13.5. The van der Waals surface area contributed by atoms with Crippen molar-refractivity contribution >= 4 is 34.0 Å². The van der Waals surface area contributed by atoms with E-state index < -0.39 is 17.8 Å². The molecule has 6 rings (SSSR count). The molecule has 37 heavy (non-hydrogen) atoms. The molecular formula is C26H24ClF2N3O4S. The summed E-state index contributed by atoms with van der Waals surface area (Å²) in [6.07, 6.45) is -2.28. The summed E-state index contributed by atoms with van der Waals surface area (Å²) in [4.78, 5) is 21.2. The van der Waals surface area contributed by atoms with Crippen molar-refractivity contribution in [3.8, 4) is 11.5 Å². The zero-order chi connectivity index (χ0) is 25.9. The number of ether oxygens (including phenoxy) is 2. The van der Waals surface area contributed by atoms with Crippen LogP contribution < -0.4 is 14.8 Å². The van der Waals surface area contributed by atoms with E-state index in [4.69, 9.17) is 11.6 Å². The zero-order valence-corrected chi connectivity index (χ0v) is 21.4. The maximum Gasteiger partial charge on any atom is 0.586 e. The van der Waals surface area contributed by atoms with E-state index in [-0.39, 0.29) is 23.4 Å². The molecule has 2 atom stereocenters. The number of rotatable bonds is 6. The summed E-state index contributed by atoms with van der Waals surface area (Å²) in [5.41, 5.74) is 1.44. The molecule has 3 heterocycles. The highest BCUT2D eigenvalue weighted by atomic mass is 35.5. The van der Waals surface area contributed by atoms with Gasteiger partial charge in [0.05, 0.1) is 28.1 Å². The van der Waals surface area contributed by atoms with E-state index >= 15 is 0 Å². The van der Waals surface area contributed by atoms with Crippen LogP contribution in [0.4, 0.5) is 13.9 Å². The Morgan fingerprint density at radius 2 is 2.00 bits per heavy atom. The minimum atomic E-state index is -3.71. The number of aliphatic hydroxyl groups is 1. The molecule has 1 aromatic heterocycles. The Bertz CT molecular complexity index is 1380. The fourth-order valence-corrected chi connectivity index (χ4v) is 6.51. The Balaban J connectivity index is 1.27. The van der Waals surface area contributed by atoms with Crippen LogP contribution in [-0.4, -0.2) is 46.4 Å². The standard InChI is InChI=1S/C26H24ClF2N3O4S/c1-14-22(21(32-11-8-16(33)13-32)17-4-2-3-5-18(17)27)37-24(30-14)31-23(34)25(9-10-25)15-6-7-19-20(12-15)36-26(28,29)35-19/h2-7,12,16,21,33H,8-11,13H2,1H3,(H,30,31,34)/t16?,21-/m1/s1. The van der Waals surface area contributed by atoms with Crippen molar-refractivity contribution < 1.29 is 28.2 Å². The molecular weight excluding hydrogens is 524 g/mol. The van der Waals surface area contributed by atoms with Crippen molar-refractivity contribution in [2.75, 3.05) is 18.4 Å². The highest BCUT2D eigenvalue weighted by Crippen LogP contribution is 2.52. The third kappa shape index (κ3) is 4.46. The topological polar surface area (TPSA) is 83.9 Å². The molecule has 0 radical (unpaired) electrons. The SMILES string of the molecule is Cc1nc(NC(=O)C2(c3ccc4c(c3)OC(F)(F)O4)CC2)sc1[C@@H](c1ccccc1Cl)N1CCC(O)C1. The van der Waals surface area contributed by atoms with E-state index in [1.165, 1.54) is 23.5 Å². The molecule has 2 N–H and O–H groups in total. The zero-order valence-electron chi connectivity index (χ0n) is 19.8. The highest BCUT2D eigenvalue weighted by Gasteiger charge is 2.53. The number of likely N-dealkylation sites (tertiary alicyclic amines) is 1.